The Balaban J connectivity index is 1.11. The van der Waals surface area contributed by atoms with E-state index < -0.39 is 5.60 Å². The zero-order valence-electron chi connectivity index (χ0n) is 24.1. The van der Waals surface area contributed by atoms with Crippen LogP contribution >= 0.6 is 35.0 Å². The van der Waals surface area contributed by atoms with Gasteiger partial charge in [-0.3, -0.25) is 9.69 Å². The number of nitrogens with zero attached hydrogens (tertiary/aromatic N) is 6. The minimum atomic E-state index is -0.595. The van der Waals surface area contributed by atoms with E-state index in [2.05, 4.69) is 55.6 Å². The molecule has 2 aliphatic rings. The summed E-state index contributed by atoms with van der Waals surface area (Å²) in [6, 6.07) is 11.3. The maximum absolute atomic E-state index is 12.7. The van der Waals surface area contributed by atoms with E-state index in [9.17, 15) is 4.79 Å². The van der Waals surface area contributed by atoms with Crippen molar-refractivity contribution in [3.05, 3.63) is 57.6 Å². The minimum absolute atomic E-state index is 0.0929. The van der Waals surface area contributed by atoms with Crippen LogP contribution in [-0.2, 0) is 9.53 Å². The molecule has 3 aromatic rings. The summed E-state index contributed by atoms with van der Waals surface area (Å²) in [6.07, 6.45) is 2.39. The zero-order chi connectivity index (χ0) is 29.7. The normalized spacial score (nSPS) is 16.2. The molecule has 0 radical (unpaired) electrons. The van der Waals surface area contributed by atoms with Crippen molar-refractivity contribution in [2.75, 3.05) is 57.4 Å². The van der Waals surface area contributed by atoms with E-state index in [1.54, 1.807) is 16.8 Å². The molecular weight excluding hydrogens is 593 g/mol. The highest BCUT2D eigenvalue weighted by atomic mass is 35.5. The van der Waals surface area contributed by atoms with Gasteiger partial charge in [0.15, 0.2) is 0 Å². The van der Waals surface area contributed by atoms with Crippen LogP contribution in [0, 0.1) is 11.8 Å². The van der Waals surface area contributed by atoms with Crippen molar-refractivity contribution < 1.29 is 9.53 Å². The van der Waals surface area contributed by atoms with Gasteiger partial charge in [-0.2, -0.15) is 4.68 Å². The number of likely N-dealkylation sites (N-methyl/N-ethyl adjacent to an activating group) is 1. The standard InChI is InChI=1S/C30H35Cl2N7O2S/c1-30(2,41-17-16-38-14-12-37(3)13-15-38)11-10-21-4-8-26(24(31)18-21)33-28(40)20-42-29-34-35-36-39(29)27-9-7-23(19-25(27)32)22-5-6-22/h4,7-9,18-19,22H,5-6,12-17,20H2,1-3H3,(H,33,40). The van der Waals surface area contributed by atoms with Crippen LogP contribution in [0.1, 0.15) is 43.7 Å². The first-order chi connectivity index (χ1) is 20.2. The van der Waals surface area contributed by atoms with Gasteiger partial charge < -0.3 is 15.0 Å². The lowest BCUT2D eigenvalue weighted by atomic mass is 10.1. The van der Waals surface area contributed by atoms with E-state index in [0.717, 1.165) is 38.3 Å². The molecule has 9 nitrogen and oxygen atoms in total. The van der Waals surface area contributed by atoms with Crippen LogP contribution in [0.2, 0.25) is 10.0 Å². The summed E-state index contributed by atoms with van der Waals surface area (Å²) in [6.45, 7) is 9.75. The van der Waals surface area contributed by atoms with Gasteiger partial charge in [0.05, 0.1) is 33.8 Å². The van der Waals surface area contributed by atoms with Gasteiger partial charge in [-0.15, -0.1) is 5.10 Å². The second-order valence-electron chi connectivity index (χ2n) is 11.1. The fourth-order valence-corrected chi connectivity index (χ4v) is 5.74. The molecule has 1 amide bonds. The van der Waals surface area contributed by atoms with E-state index >= 15 is 0 Å². The van der Waals surface area contributed by atoms with Crippen LogP contribution in [0.3, 0.4) is 0 Å². The number of piperazine rings is 1. The van der Waals surface area contributed by atoms with Crippen LogP contribution in [0.15, 0.2) is 41.6 Å². The third-order valence-corrected chi connectivity index (χ3v) is 8.77. The number of hydrogen-bond donors (Lipinski definition) is 1. The summed E-state index contributed by atoms with van der Waals surface area (Å²) in [5.74, 6) is 6.80. The summed E-state index contributed by atoms with van der Waals surface area (Å²) < 4.78 is 7.61. The van der Waals surface area contributed by atoms with Gasteiger partial charge in [-0.1, -0.05) is 52.9 Å². The largest absolute Gasteiger partial charge is 0.362 e. The summed E-state index contributed by atoms with van der Waals surface area (Å²) >= 11 is 14.2. The van der Waals surface area contributed by atoms with Gasteiger partial charge >= 0.3 is 0 Å². The Morgan fingerprint density at radius 1 is 1.12 bits per heavy atom. The molecule has 0 bridgehead atoms. The Kier molecular flexibility index (Phi) is 10.1. The van der Waals surface area contributed by atoms with Crippen molar-refractivity contribution in [3.8, 4) is 17.5 Å². The number of amides is 1. The first-order valence-electron chi connectivity index (χ1n) is 14.1. The molecule has 2 fully saturated rings. The summed E-state index contributed by atoms with van der Waals surface area (Å²) in [5.41, 5.74) is 2.56. The van der Waals surface area contributed by atoms with Crippen molar-refractivity contribution in [1.82, 2.24) is 30.0 Å². The molecule has 1 N–H and O–H groups in total. The number of nitrogens with one attached hydrogen (secondary N) is 1. The topological polar surface area (TPSA) is 88.4 Å². The number of thioether (sulfide) groups is 1. The smallest absolute Gasteiger partial charge is 0.234 e. The number of ether oxygens (including phenoxy) is 1. The quantitative estimate of drug-likeness (QED) is 0.249. The Morgan fingerprint density at radius 2 is 1.90 bits per heavy atom. The number of halogens is 2. The van der Waals surface area contributed by atoms with E-state index in [1.807, 2.05) is 32.0 Å². The molecule has 222 valence electrons. The summed E-state index contributed by atoms with van der Waals surface area (Å²) in [4.78, 5) is 17.5. The molecular formula is C30H35Cl2N7O2S. The lowest BCUT2D eigenvalue weighted by molar-refractivity contribution is -0.113. The van der Waals surface area contributed by atoms with E-state index in [4.69, 9.17) is 27.9 Å². The second kappa shape index (κ2) is 13.8. The van der Waals surface area contributed by atoms with Crippen molar-refractivity contribution in [2.45, 2.75) is 43.4 Å². The molecule has 0 unspecified atom stereocenters. The number of hydrogen-bond acceptors (Lipinski definition) is 8. The lowest BCUT2D eigenvalue weighted by Crippen LogP contribution is -2.45. The molecule has 2 heterocycles. The lowest BCUT2D eigenvalue weighted by Gasteiger charge is -2.32. The van der Waals surface area contributed by atoms with Crippen molar-refractivity contribution in [3.63, 3.8) is 0 Å². The molecule has 1 aliphatic carbocycles. The van der Waals surface area contributed by atoms with Crippen molar-refractivity contribution in [1.29, 1.82) is 0 Å². The second-order valence-corrected chi connectivity index (χ2v) is 12.9. The van der Waals surface area contributed by atoms with Crippen molar-refractivity contribution >= 4 is 46.6 Å². The fraction of sp³-hybridized carbons (Fsp3) is 0.467. The van der Waals surface area contributed by atoms with Crippen LogP contribution in [-0.4, -0.2) is 93.6 Å². The number of benzene rings is 2. The minimum Gasteiger partial charge on any atom is -0.362 e. The predicted molar refractivity (Wildman–Crippen MR) is 168 cm³/mol. The van der Waals surface area contributed by atoms with Crippen LogP contribution in [0.4, 0.5) is 5.69 Å². The third-order valence-electron chi connectivity index (χ3n) is 7.24. The maximum Gasteiger partial charge on any atom is 0.234 e. The molecule has 12 heteroatoms. The average Bonchev–Trinajstić information content (AvgIpc) is 3.71. The van der Waals surface area contributed by atoms with Crippen LogP contribution in [0.25, 0.3) is 5.69 Å². The number of carbonyl (C=O) groups excluding carboxylic acids is 1. The number of aromatic nitrogens is 4. The monoisotopic (exact) mass is 627 g/mol. The molecule has 2 aromatic carbocycles. The van der Waals surface area contributed by atoms with Gasteiger partial charge in [0.2, 0.25) is 11.1 Å². The SMILES string of the molecule is CN1CCN(CCOC(C)(C)C#Cc2ccc(NC(=O)CSc3nnnn3-c3ccc(C4CC4)cc3Cl)c(Cl)c2)CC1. The van der Waals surface area contributed by atoms with Crippen molar-refractivity contribution in [2.24, 2.45) is 0 Å². The maximum atomic E-state index is 12.7. The third kappa shape index (κ3) is 8.47. The fourth-order valence-electron chi connectivity index (χ4n) is 4.56. The number of tetrazole rings is 1. The Labute approximate surface area is 261 Å². The molecule has 0 atom stereocenters. The highest BCUT2D eigenvalue weighted by molar-refractivity contribution is 7.99. The van der Waals surface area contributed by atoms with Gasteiger partial charge in [-0.05, 0) is 86.0 Å². The Bertz CT molecular complexity index is 1470. The molecule has 0 spiro atoms. The summed E-state index contributed by atoms with van der Waals surface area (Å²) in [7, 11) is 2.15. The highest BCUT2D eigenvalue weighted by Gasteiger charge is 2.25. The van der Waals surface area contributed by atoms with Crippen LogP contribution in [0.5, 0.6) is 0 Å². The van der Waals surface area contributed by atoms with Gasteiger partial charge in [0.1, 0.15) is 5.60 Å². The molecule has 1 aliphatic heterocycles. The molecule has 5 rings (SSSR count). The predicted octanol–water partition coefficient (Wildman–Crippen LogP) is 4.97. The van der Waals surface area contributed by atoms with E-state index in [-0.39, 0.29) is 11.7 Å². The first kappa shape index (κ1) is 30.8. The van der Waals surface area contributed by atoms with Gasteiger partial charge in [0, 0.05) is 38.3 Å². The highest BCUT2D eigenvalue weighted by Crippen LogP contribution is 2.41. The zero-order valence-corrected chi connectivity index (χ0v) is 26.4. The Morgan fingerprint density at radius 3 is 2.62 bits per heavy atom. The molecule has 42 heavy (non-hydrogen) atoms. The molecule has 1 aromatic heterocycles. The average molecular weight is 629 g/mol. The van der Waals surface area contributed by atoms with Gasteiger partial charge in [0.25, 0.3) is 0 Å². The summed E-state index contributed by atoms with van der Waals surface area (Å²) in [5, 5.41) is 16.2. The van der Waals surface area contributed by atoms with E-state index in [1.165, 1.54) is 30.2 Å². The number of carbonyl (C=O) groups is 1. The molecule has 1 saturated heterocycles. The van der Waals surface area contributed by atoms with Gasteiger partial charge in [-0.25, -0.2) is 0 Å². The Hall–Kier alpha value is -2.65. The van der Waals surface area contributed by atoms with Crippen LogP contribution < -0.4 is 5.32 Å². The first-order valence-corrected chi connectivity index (χ1v) is 15.8. The molecule has 1 saturated carbocycles. The van der Waals surface area contributed by atoms with E-state index in [0.29, 0.717) is 39.1 Å². The number of rotatable bonds is 10. The number of anilines is 1.